The Morgan fingerprint density at radius 2 is 1.85 bits per heavy atom. The summed E-state index contributed by atoms with van der Waals surface area (Å²) in [5.41, 5.74) is 2.20. The molecule has 2 rings (SSSR count). The molecule has 1 saturated heterocycles. The molecule has 1 aliphatic heterocycles. The van der Waals surface area contributed by atoms with Crippen LogP contribution in [0.1, 0.15) is 49.6 Å². The van der Waals surface area contributed by atoms with E-state index in [1.165, 1.54) is 5.56 Å². The minimum absolute atomic E-state index is 0.284. The van der Waals surface area contributed by atoms with Gasteiger partial charge in [-0.25, -0.2) is 8.42 Å². The van der Waals surface area contributed by atoms with Gasteiger partial charge in [0.2, 0.25) is 0 Å². The van der Waals surface area contributed by atoms with Crippen LogP contribution in [0.3, 0.4) is 0 Å². The van der Waals surface area contributed by atoms with Crippen molar-refractivity contribution in [1.29, 1.82) is 0 Å². The Morgan fingerprint density at radius 3 is 2.40 bits per heavy atom. The standard InChI is InChI=1S/C16H23ClO2S/c1-12(2)11-13-6-8-14(9-7-13)16(17)15-5-3-4-10-20(15,18)19/h6-9,12,15-16H,3-5,10-11H2,1-2H3. The van der Waals surface area contributed by atoms with Crippen LogP contribution in [0.4, 0.5) is 0 Å². The smallest absolute Gasteiger partial charge is 0.154 e. The average molecular weight is 315 g/mol. The molecule has 0 spiro atoms. The second-order valence-corrected chi connectivity index (χ2v) is 8.95. The van der Waals surface area contributed by atoms with E-state index in [0.717, 1.165) is 24.8 Å². The third kappa shape index (κ3) is 3.76. The molecular weight excluding hydrogens is 292 g/mol. The summed E-state index contributed by atoms with van der Waals surface area (Å²) in [6, 6.07) is 8.11. The van der Waals surface area contributed by atoms with Crippen LogP contribution in [0.15, 0.2) is 24.3 Å². The highest BCUT2D eigenvalue weighted by Crippen LogP contribution is 2.35. The maximum Gasteiger partial charge on any atom is 0.154 e. The zero-order valence-electron chi connectivity index (χ0n) is 12.2. The molecule has 0 aromatic heterocycles. The Balaban J connectivity index is 2.14. The Morgan fingerprint density at radius 1 is 1.20 bits per heavy atom. The van der Waals surface area contributed by atoms with Crippen molar-refractivity contribution in [3.63, 3.8) is 0 Å². The van der Waals surface area contributed by atoms with Crippen molar-refractivity contribution >= 4 is 21.4 Å². The zero-order valence-corrected chi connectivity index (χ0v) is 13.8. The second-order valence-electron chi connectivity index (χ2n) is 6.14. The van der Waals surface area contributed by atoms with Gasteiger partial charge in [0, 0.05) is 0 Å². The van der Waals surface area contributed by atoms with Gasteiger partial charge >= 0.3 is 0 Å². The normalized spacial score (nSPS) is 23.7. The van der Waals surface area contributed by atoms with Crippen LogP contribution in [-0.2, 0) is 16.3 Å². The highest BCUT2D eigenvalue weighted by molar-refractivity contribution is 7.92. The van der Waals surface area contributed by atoms with E-state index in [0.29, 0.717) is 12.3 Å². The molecule has 1 aliphatic rings. The first-order chi connectivity index (χ1) is 9.40. The van der Waals surface area contributed by atoms with Gasteiger partial charge in [-0.05, 0) is 36.3 Å². The largest absolute Gasteiger partial charge is 0.228 e. The molecule has 2 atom stereocenters. The van der Waals surface area contributed by atoms with Crippen LogP contribution in [0.25, 0.3) is 0 Å². The van der Waals surface area contributed by atoms with Gasteiger partial charge in [0.25, 0.3) is 0 Å². The molecule has 0 aliphatic carbocycles. The fourth-order valence-corrected chi connectivity index (χ4v) is 5.53. The van der Waals surface area contributed by atoms with Gasteiger partial charge in [0.05, 0.1) is 16.4 Å². The van der Waals surface area contributed by atoms with E-state index in [1.807, 2.05) is 12.1 Å². The summed E-state index contributed by atoms with van der Waals surface area (Å²) in [7, 11) is -3.03. The van der Waals surface area contributed by atoms with Gasteiger partial charge < -0.3 is 0 Å². The monoisotopic (exact) mass is 314 g/mol. The van der Waals surface area contributed by atoms with E-state index < -0.39 is 20.5 Å². The lowest BCUT2D eigenvalue weighted by Gasteiger charge is -2.26. The molecule has 0 saturated carbocycles. The molecule has 2 unspecified atom stereocenters. The molecule has 4 heteroatoms. The van der Waals surface area contributed by atoms with Crippen LogP contribution < -0.4 is 0 Å². The number of hydrogen-bond acceptors (Lipinski definition) is 2. The third-order valence-corrected chi connectivity index (χ3v) is 6.89. The van der Waals surface area contributed by atoms with Crippen LogP contribution in [0.2, 0.25) is 0 Å². The molecule has 1 heterocycles. The molecule has 1 fully saturated rings. The highest BCUT2D eigenvalue weighted by atomic mass is 35.5. The van der Waals surface area contributed by atoms with Crippen molar-refractivity contribution in [3.05, 3.63) is 35.4 Å². The Bertz CT molecular complexity index is 534. The van der Waals surface area contributed by atoms with Crippen molar-refractivity contribution in [2.24, 2.45) is 5.92 Å². The molecule has 0 bridgehead atoms. The minimum Gasteiger partial charge on any atom is -0.228 e. The Labute approximate surface area is 127 Å². The van der Waals surface area contributed by atoms with E-state index in [9.17, 15) is 8.42 Å². The summed E-state index contributed by atoms with van der Waals surface area (Å²) in [6.07, 6.45) is 3.45. The van der Waals surface area contributed by atoms with E-state index in [4.69, 9.17) is 11.6 Å². The first-order valence-corrected chi connectivity index (χ1v) is 9.50. The molecule has 1 aromatic carbocycles. The summed E-state index contributed by atoms with van der Waals surface area (Å²) in [5, 5.41) is -0.845. The maximum absolute atomic E-state index is 12.1. The van der Waals surface area contributed by atoms with Gasteiger partial charge in [0.15, 0.2) is 9.84 Å². The fourth-order valence-electron chi connectivity index (χ4n) is 2.83. The van der Waals surface area contributed by atoms with Crippen molar-refractivity contribution in [2.45, 2.75) is 50.2 Å². The van der Waals surface area contributed by atoms with Crippen molar-refractivity contribution in [3.8, 4) is 0 Å². The molecule has 0 radical (unpaired) electrons. The predicted molar refractivity (Wildman–Crippen MR) is 85.0 cm³/mol. The fraction of sp³-hybridized carbons (Fsp3) is 0.625. The summed E-state index contributed by atoms with van der Waals surface area (Å²) in [5.74, 6) is 0.901. The number of rotatable bonds is 4. The first-order valence-electron chi connectivity index (χ1n) is 7.34. The first kappa shape index (κ1) is 15.8. The van der Waals surface area contributed by atoms with Gasteiger partial charge in [-0.2, -0.15) is 0 Å². The lowest BCUT2D eigenvalue weighted by atomic mass is 9.99. The van der Waals surface area contributed by atoms with E-state index >= 15 is 0 Å². The quantitative estimate of drug-likeness (QED) is 0.783. The van der Waals surface area contributed by atoms with Crippen LogP contribution in [0.5, 0.6) is 0 Å². The van der Waals surface area contributed by atoms with Crippen molar-refractivity contribution < 1.29 is 8.42 Å². The molecular formula is C16H23ClO2S. The SMILES string of the molecule is CC(C)Cc1ccc(C(Cl)C2CCCCS2(=O)=O)cc1. The second kappa shape index (κ2) is 6.48. The highest BCUT2D eigenvalue weighted by Gasteiger charge is 2.35. The zero-order chi connectivity index (χ0) is 14.8. The van der Waals surface area contributed by atoms with Gasteiger partial charge in [-0.1, -0.05) is 44.5 Å². The van der Waals surface area contributed by atoms with E-state index in [2.05, 4.69) is 26.0 Å². The van der Waals surface area contributed by atoms with Gasteiger partial charge in [-0.15, -0.1) is 11.6 Å². The summed E-state index contributed by atoms with van der Waals surface area (Å²) >= 11 is 6.45. The molecule has 1 aromatic rings. The van der Waals surface area contributed by atoms with Crippen molar-refractivity contribution in [1.82, 2.24) is 0 Å². The molecule has 20 heavy (non-hydrogen) atoms. The van der Waals surface area contributed by atoms with E-state index in [1.54, 1.807) is 0 Å². The Kier molecular flexibility index (Phi) is 5.14. The summed E-state index contributed by atoms with van der Waals surface area (Å²) in [4.78, 5) is 0. The topological polar surface area (TPSA) is 34.1 Å². The summed E-state index contributed by atoms with van der Waals surface area (Å²) < 4.78 is 24.2. The number of alkyl halides is 1. The number of hydrogen-bond donors (Lipinski definition) is 0. The lowest BCUT2D eigenvalue weighted by molar-refractivity contribution is 0.534. The summed E-state index contributed by atoms with van der Waals surface area (Å²) in [6.45, 7) is 4.37. The average Bonchev–Trinajstić information content (AvgIpc) is 2.37. The number of sulfone groups is 1. The molecule has 0 amide bonds. The molecule has 0 N–H and O–H groups in total. The van der Waals surface area contributed by atoms with Crippen LogP contribution in [0, 0.1) is 5.92 Å². The van der Waals surface area contributed by atoms with Gasteiger partial charge in [-0.3, -0.25) is 0 Å². The number of benzene rings is 1. The van der Waals surface area contributed by atoms with Crippen molar-refractivity contribution in [2.75, 3.05) is 5.75 Å². The lowest BCUT2D eigenvalue weighted by Crippen LogP contribution is -2.31. The maximum atomic E-state index is 12.1. The van der Waals surface area contributed by atoms with E-state index in [-0.39, 0.29) is 5.75 Å². The number of halogens is 1. The third-order valence-electron chi connectivity index (χ3n) is 3.90. The van der Waals surface area contributed by atoms with Gasteiger partial charge in [0.1, 0.15) is 0 Å². The molecule has 112 valence electrons. The predicted octanol–water partition coefficient (Wildman–Crippen LogP) is 4.13. The van der Waals surface area contributed by atoms with Crippen LogP contribution >= 0.6 is 11.6 Å². The minimum atomic E-state index is -3.03. The molecule has 2 nitrogen and oxygen atoms in total. The van der Waals surface area contributed by atoms with Crippen LogP contribution in [-0.4, -0.2) is 19.4 Å². The Hall–Kier alpha value is -0.540.